The van der Waals surface area contributed by atoms with Crippen molar-refractivity contribution in [3.63, 3.8) is 0 Å². The molecule has 9 heavy (non-hydrogen) atoms. The molecule has 0 aromatic heterocycles. The number of ether oxygens (including phenoxy) is 2. The molecular formula is C6H11IO2. The minimum absolute atomic E-state index is 0.306. The zero-order valence-electron chi connectivity index (χ0n) is 5.69. The molecule has 1 aliphatic rings. The van der Waals surface area contributed by atoms with E-state index in [1.54, 1.807) is 0 Å². The first-order valence-electron chi connectivity index (χ1n) is 3.02. The van der Waals surface area contributed by atoms with Crippen molar-refractivity contribution < 1.29 is 9.47 Å². The number of hydrogen-bond donors (Lipinski definition) is 0. The van der Waals surface area contributed by atoms with Gasteiger partial charge in [0, 0.05) is 4.43 Å². The molecule has 1 fully saturated rings. The first kappa shape index (κ1) is 7.75. The molecule has 0 radical (unpaired) electrons. The molecule has 1 unspecified atom stereocenters. The SMILES string of the molecule is CC1(C)OCC(CI)O1. The summed E-state index contributed by atoms with van der Waals surface area (Å²) in [6.07, 6.45) is 0.306. The van der Waals surface area contributed by atoms with E-state index in [4.69, 9.17) is 9.47 Å². The average molecular weight is 242 g/mol. The van der Waals surface area contributed by atoms with Crippen molar-refractivity contribution >= 4 is 22.6 Å². The van der Waals surface area contributed by atoms with E-state index >= 15 is 0 Å². The van der Waals surface area contributed by atoms with E-state index < -0.39 is 0 Å². The van der Waals surface area contributed by atoms with Gasteiger partial charge in [0.1, 0.15) is 0 Å². The summed E-state index contributed by atoms with van der Waals surface area (Å²) in [5, 5.41) is 0. The van der Waals surface area contributed by atoms with Crippen molar-refractivity contribution in [2.75, 3.05) is 11.0 Å². The van der Waals surface area contributed by atoms with E-state index in [0.717, 1.165) is 11.0 Å². The summed E-state index contributed by atoms with van der Waals surface area (Å²) in [4.78, 5) is 0. The van der Waals surface area contributed by atoms with Crippen molar-refractivity contribution in [1.29, 1.82) is 0 Å². The van der Waals surface area contributed by atoms with Gasteiger partial charge in [-0.2, -0.15) is 0 Å². The van der Waals surface area contributed by atoms with E-state index in [1.807, 2.05) is 13.8 Å². The second-order valence-electron chi connectivity index (χ2n) is 2.60. The van der Waals surface area contributed by atoms with E-state index in [0.29, 0.717) is 6.10 Å². The third kappa shape index (κ3) is 2.05. The minimum atomic E-state index is -0.337. The van der Waals surface area contributed by atoms with Gasteiger partial charge in [0.2, 0.25) is 0 Å². The fraction of sp³-hybridized carbons (Fsp3) is 1.00. The monoisotopic (exact) mass is 242 g/mol. The first-order valence-corrected chi connectivity index (χ1v) is 4.54. The summed E-state index contributed by atoms with van der Waals surface area (Å²) < 4.78 is 11.8. The van der Waals surface area contributed by atoms with Crippen molar-refractivity contribution in [2.45, 2.75) is 25.7 Å². The summed E-state index contributed by atoms with van der Waals surface area (Å²) in [5.74, 6) is -0.337. The van der Waals surface area contributed by atoms with Crippen LogP contribution >= 0.6 is 22.6 Å². The largest absolute Gasteiger partial charge is 0.348 e. The van der Waals surface area contributed by atoms with Crippen LogP contribution in [0, 0.1) is 0 Å². The Morgan fingerprint density at radius 2 is 2.33 bits per heavy atom. The molecule has 2 nitrogen and oxygen atoms in total. The highest BCUT2D eigenvalue weighted by molar-refractivity contribution is 14.1. The lowest BCUT2D eigenvalue weighted by Gasteiger charge is -2.15. The standard InChI is InChI=1S/C6H11IO2/c1-6(2)8-4-5(3-7)9-6/h5H,3-4H2,1-2H3. The molecule has 0 N–H and O–H groups in total. The smallest absolute Gasteiger partial charge is 0.163 e. The molecule has 0 saturated carbocycles. The second kappa shape index (κ2) is 2.72. The molecule has 0 bridgehead atoms. The Hall–Kier alpha value is 0.650. The highest BCUT2D eigenvalue weighted by Crippen LogP contribution is 2.22. The van der Waals surface area contributed by atoms with Crippen LogP contribution in [0.1, 0.15) is 13.8 Å². The van der Waals surface area contributed by atoms with Gasteiger partial charge in [-0.05, 0) is 13.8 Å². The summed E-state index contributed by atoms with van der Waals surface area (Å²) in [7, 11) is 0. The van der Waals surface area contributed by atoms with Crippen LogP contribution in [0.5, 0.6) is 0 Å². The normalized spacial score (nSPS) is 33.0. The lowest BCUT2D eigenvalue weighted by atomic mass is 10.4. The van der Waals surface area contributed by atoms with Gasteiger partial charge in [-0.25, -0.2) is 0 Å². The number of alkyl halides is 1. The summed E-state index contributed by atoms with van der Waals surface area (Å²) >= 11 is 2.30. The topological polar surface area (TPSA) is 18.5 Å². The van der Waals surface area contributed by atoms with Gasteiger partial charge in [0.15, 0.2) is 5.79 Å². The quantitative estimate of drug-likeness (QED) is 0.513. The predicted octanol–water partition coefficient (Wildman–Crippen LogP) is 1.57. The molecule has 54 valence electrons. The summed E-state index contributed by atoms with van der Waals surface area (Å²) in [6, 6.07) is 0. The predicted molar refractivity (Wildman–Crippen MR) is 43.8 cm³/mol. The van der Waals surface area contributed by atoms with Gasteiger partial charge in [-0.1, -0.05) is 22.6 Å². The molecule has 0 aromatic rings. The number of hydrogen-bond acceptors (Lipinski definition) is 2. The first-order chi connectivity index (χ1) is 4.14. The molecule has 0 aromatic carbocycles. The minimum Gasteiger partial charge on any atom is -0.348 e. The molecular weight excluding hydrogens is 231 g/mol. The maximum absolute atomic E-state index is 5.47. The highest BCUT2D eigenvalue weighted by Gasteiger charge is 2.31. The molecule has 0 amide bonds. The molecule has 1 atom stereocenters. The fourth-order valence-electron chi connectivity index (χ4n) is 0.839. The van der Waals surface area contributed by atoms with Crippen molar-refractivity contribution in [3.8, 4) is 0 Å². The van der Waals surface area contributed by atoms with Crippen LogP contribution in [0.4, 0.5) is 0 Å². The summed E-state index contributed by atoms with van der Waals surface area (Å²) in [6.45, 7) is 4.63. The van der Waals surface area contributed by atoms with Crippen LogP contribution in [0.25, 0.3) is 0 Å². The fourth-order valence-corrected chi connectivity index (χ4v) is 1.27. The van der Waals surface area contributed by atoms with Crippen LogP contribution in [-0.2, 0) is 9.47 Å². The Balaban J connectivity index is 2.38. The maximum Gasteiger partial charge on any atom is 0.163 e. The summed E-state index contributed by atoms with van der Waals surface area (Å²) in [5.41, 5.74) is 0. The molecule has 1 saturated heterocycles. The zero-order chi connectivity index (χ0) is 6.91. The van der Waals surface area contributed by atoms with E-state index in [-0.39, 0.29) is 5.79 Å². The van der Waals surface area contributed by atoms with Gasteiger partial charge in [0.05, 0.1) is 12.7 Å². The second-order valence-corrected chi connectivity index (χ2v) is 3.49. The Kier molecular flexibility index (Phi) is 2.34. The lowest BCUT2D eigenvalue weighted by Crippen LogP contribution is -2.21. The van der Waals surface area contributed by atoms with E-state index in [9.17, 15) is 0 Å². The molecule has 1 heterocycles. The molecule has 1 aliphatic heterocycles. The molecule has 3 heteroatoms. The third-order valence-electron chi connectivity index (χ3n) is 1.24. The molecule has 1 rings (SSSR count). The maximum atomic E-state index is 5.47. The van der Waals surface area contributed by atoms with Gasteiger partial charge < -0.3 is 9.47 Å². The van der Waals surface area contributed by atoms with Crippen LogP contribution in [0.2, 0.25) is 0 Å². The van der Waals surface area contributed by atoms with Crippen LogP contribution in [0.15, 0.2) is 0 Å². The van der Waals surface area contributed by atoms with Crippen LogP contribution in [0.3, 0.4) is 0 Å². The Labute approximate surface area is 69.0 Å². The van der Waals surface area contributed by atoms with E-state index in [2.05, 4.69) is 22.6 Å². The molecule has 0 spiro atoms. The van der Waals surface area contributed by atoms with Crippen molar-refractivity contribution in [2.24, 2.45) is 0 Å². The average Bonchev–Trinajstić information content (AvgIpc) is 2.10. The lowest BCUT2D eigenvalue weighted by molar-refractivity contribution is -0.135. The highest BCUT2D eigenvalue weighted by atomic mass is 127. The Morgan fingerprint density at radius 1 is 1.67 bits per heavy atom. The van der Waals surface area contributed by atoms with Gasteiger partial charge in [0.25, 0.3) is 0 Å². The van der Waals surface area contributed by atoms with Gasteiger partial charge >= 0.3 is 0 Å². The van der Waals surface area contributed by atoms with Crippen molar-refractivity contribution in [1.82, 2.24) is 0 Å². The molecule has 0 aliphatic carbocycles. The van der Waals surface area contributed by atoms with Gasteiger partial charge in [-0.15, -0.1) is 0 Å². The van der Waals surface area contributed by atoms with Crippen LogP contribution < -0.4 is 0 Å². The Bertz CT molecular complexity index is 103. The Morgan fingerprint density at radius 3 is 2.56 bits per heavy atom. The van der Waals surface area contributed by atoms with Gasteiger partial charge in [-0.3, -0.25) is 0 Å². The van der Waals surface area contributed by atoms with Crippen molar-refractivity contribution in [3.05, 3.63) is 0 Å². The number of rotatable bonds is 1. The number of halogens is 1. The third-order valence-corrected chi connectivity index (χ3v) is 2.22. The van der Waals surface area contributed by atoms with E-state index in [1.165, 1.54) is 0 Å². The van der Waals surface area contributed by atoms with Crippen LogP contribution in [-0.4, -0.2) is 22.9 Å². The zero-order valence-corrected chi connectivity index (χ0v) is 7.84.